The van der Waals surface area contributed by atoms with E-state index in [4.69, 9.17) is 11.6 Å². The first-order valence-corrected chi connectivity index (χ1v) is 10.7. The Hall–Kier alpha value is -2.31. The second kappa shape index (κ2) is 8.44. The van der Waals surface area contributed by atoms with Crippen LogP contribution in [0.15, 0.2) is 24.7 Å². The normalized spacial score (nSPS) is 21.5. The van der Waals surface area contributed by atoms with Gasteiger partial charge in [-0.2, -0.15) is 0 Å². The molecule has 4 rings (SSSR count). The van der Waals surface area contributed by atoms with Crippen LogP contribution in [-0.4, -0.2) is 43.6 Å². The Labute approximate surface area is 180 Å². The third-order valence-electron chi connectivity index (χ3n) is 5.39. The molecule has 3 N–H and O–H groups in total. The molecular weight excluding hydrogens is 426 g/mol. The van der Waals surface area contributed by atoms with Crippen molar-refractivity contribution >= 4 is 43.6 Å². The zero-order valence-electron chi connectivity index (χ0n) is 16.5. The summed E-state index contributed by atoms with van der Waals surface area (Å²) in [4.78, 5) is 27.2. The number of H-pyrrole nitrogens is 1. The first kappa shape index (κ1) is 20.9. The number of aromatic nitrogens is 4. The molecule has 0 saturated heterocycles. The fourth-order valence-electron chi connectivity index (χ4n) is 3.93. The van der Waals surface area contributed by atoms with Crippen molar-refractivity contribution in [1.82, 2.24) is 25.3 Å². The van der Waals surface area contributed by atoms with Gasteiger partial charge in [-0.1, -0.05) is 18.0 Å². The van der Waals surface area contributed by atoms with Gasteiger partial charge < -0.3 is 15.6 Å². The molecule has 1 aliphatic carbocycles. The number of carbonyl (C=O) groups is 1. The van der Waals surface area contributed by atoms with Gasteiger partial charge in [0.15, 0.2) is 17.5 Å². The molecule has 0 aromatic carbocycles. The molecule has 1 saturated carbocycles. The molecule has 0 spiro atoms. The molecule has 3 aromatic rings. The Morgan fingerprint density at radius 2 is 2.27 bits per heavy atom. The van der Waals surface area contributed by atoms with Crippen molar-refractivity contribution in [3.8, 4) is 11.4 Å². The summed E-state index contributed by atoms with van der Waals surface area (Å²) in [6.07, 6.45) is 8.12. The van der Waals surface area contributed by atoms with E-state index in [-0.39, 0.29) is 22.9 Å². The van der Waals surface area contributed by atoms with Crippen LogP contribution in [0.5, 0.6) is 0 Å². The van der Waals surface area contributed by atoms with Crippen molar-refractivity contribution in [2.75, 3.05) is 11.9 Å². The quantitative estimate of drug-likeness (QED) is 0.514. The lowest BCUT2D eigenvalue weighted by atomic mass is 9.84. The molecule has 3 heterocycles. The molecule has 1 amide bonds. The van der Waals surface area contributed by atoms with Gasteiger partial charge in [0.2, 0.25) is 5.91 Å². The number of halogens is 2. The molecule has 3 aromatic heterocycles. The van der Waals surface area contributed by atoms with Crippen LogP contribution in [0.25, 0.3) is 22.4 Å². The highest BCUT2D eigenvalue weighted by molar-refractivity contribution is 7.19. The van der Waals surface area contributed by atoms with Gasteiger partial charge in [0.25, 0.3) is 0 Å². The van der Waals surface area contributed by atoms with Gasteiger partial charge in [0, 0.05) is 48.0 Å². The summed E-state index contributed by atoms with van der Waals surface area (Å²) in [5, 5.41) is 7.30. The van der Waals surface area contributed by atoms with Crippen molar-refractivity contribution in [3.63, 3.8) is 0 Å². The van der Waals surface area contributed by atoms with Crippen molar-refractivity contribution in [1.29, 1.82) is 0 Å². The zero-order valence-corrected chi connectivity index (χ0v) is 18.4. The van der Waals surface area contributed by atoms with E-state index >= 15 is 0 Å². The highest BCUT2D eigenvalue weighted by Crippen LogP contribution is 2.37. The molecule has 0 aliphatic heterocycles. The minimum absolute atomic E-state index is 0.0429. The fraction of sp³-hybridized carbons (Fsp3) is 0.400. The first-order chi connectivity index (χ1) is 14.3. The third-order valence-corrected chi connectivity index (χ3v) is 6.33. The van der Waals surface area contributed by atoms with Gasteiger partial charge in [-0.05, 0) is 25.3 Å². The number of anilines is 1. The summed E-state index contributed by atoms with van der Waals surface area (Å²) in [6, 6.07) is 1.82. The van der Waals surface area contributed by atoms with Crippen molar-refractivity contribution in [3.05, 3.63) is 35.5 Å². The van der Waals surface area contributed by atoms with Crippen molar-refractivity contribution in [2.24, 2.45) is 0 Å². The monoisotopic (exact) mass is 448 g/mol. The molecule has 1 aliphatic rings. The number of rotatable bonds is 5. The van der Waals surface area contributed by atoms with Crippen molar-refractivity contribution < 1.29 is 9.18 Å². The maximum absolute atomic E-state index is 14.5. The van der Waals surface area contributed by atoms with E-state index < -0.39 is 5.82 Å². The third kappa shape index (κ3) is 4.55. The average Bonchev–Trinajstić information content (AvgIpc) is 3.11. The Kier molecular flexibility index (Phi) is 5.89. The summed E-state index contributed by atoms with van der Waals surface area (Å²) < 4.78 is 14.5. The van der Waals surface area contributed by atoms with Gasteiger partial charge in [-0.15, -0.1) is 9.24 Å². The minimum atomic E-state index is -0.503. The highest BCUT2D eigenvalue weighted by Gasteiger charge is 2.33. The molecule has 1 fully saturated rings. The number of fused-ring (bicyclic) bond motifs is 1. The SMILES string of the molecule is CC(=O)NCC1(P)CCCC(Nc2nc(-c3c[nH]c4ncc(Cl)cc34)ncc2F)C1. The van der Waals surface area contributed by atoms with Crippen molar-refractivity contribution in [2.45, 2.75) is 43.8 Å². The van der Waals surface area contributed by atoms with Gasteiger partial charge in [-0.25, -0.2) is 19.3 Å². The largest absolute Gasteiger partial charge is 0.365 e. The summed E-state index contributed by atoms with van der Waals surface area (Å²) >= 11 is 6.07. The van der Waals surface area contributed by atoms with Crippen LogP contribution in [0.3, 0.4) is 0 Å². The lowest BCUT2D eigenvalue weighted by Gasteiger charge is -2.38. The van der Waals surface area contributed by atoms with E-state index in [2.05, 4.69) is 39.8 Å². The number of aromatic amines is 1. The van der Waals surface area contributed by atoms with Gasteiger partial charge in [-0.3, -0.25) is 4.79 Å². The number of hydrogen-bond donors (Lipinski definition) is 3. The van der Waals surface area contributed by atoms with Crippen LogP contribution in [-0.2, 0) is 4.79 Å². The molecular formula is C20H23ClFN6OP. The fourth-order valence-corrected chi connectivity index (χ4v) is 4.68. The molecule has 158 valence electrons. The second-order valence-corrected chi connectivity index (χ2v) is 9.51. The van der Waals surface area contributed by atoms with Gasteiger partial charge >= 0.3 is 0 Å². The Morgan fingerprint density at radius 1 is 1.43 bits per heavy atom. The molecule has 30 heavy (non-hydrogen) atoms. The molecule has 0 radical (unpaired) electrons. The zero-order chi connectivity index (χ0) is 21.3. The Bertz CT molecular complexity index is 1090. The van der Waals surface area contributed by atoms with Crippen LogP contribution in [0.4, 0.5) is 10.2 Å². The lowest BCUT2D eigenvalue weighted by molar-refractivity contribution is -0.119. The summed E-state index contributed by atoms with van der Waals surface area (Å²) in [5.74, 6) is 0.00628. The minimum Gasteiger partial charge on any atom is -0.365 e. The number of pyridine rings is 1. The molecule has 0 bridgehead atoms. The molecule has 3 atom stereocenters. The van der Waals surface area contributed by atoms with E-state index in [1.54, 1.807) is 18.5 Å². The predicted octanol–water partition coefficient (Wildman–Crippen LogP) is 3.92. The molecule has 7 nitrogen and oxygen atoms in total. The first-order valence-electron chi connectivity index (χ1n) is 9.78. The van der Waals surface area contributed by atoms with Gasteiger partial charge in [0.05, 0.1) is 11.2 Å². The Balaban J connectivity index is 1.56. The maximum Gasteiger partial charge on any atom is 0.216 e. The number of hydrogen-bond acceptors (Lipinski definition) is 5. The van der Waals surface area contributed by atoms with Crippen LogP contribution < -0.4 is 10.6 Å². The van der Waals surface area contributed by atoms with Crippen LogP contribution in [0, 0.1) is 5.82 Å². The van der Waals surface area contributed by atoms with Gasteiger partial charge in [0.1, 0.15) is 5.65 Å². The highest BCUT2D eigenvalue weighted by atomic mass is 35.5. The summed E-state index contributed by atoms with van der Waals surface area (Å²) in [6.45, 7) is 2.09. The number of amides is 1. The maximum atomic E-state index is 14.5. The standard InChI is InChI=1S/C20H23ClFN6OP/c1-11(29)26-10-20(30)4-2-3-13(6-20)27-19-16(22)9-25-18(28-19)15-8-24-17-14(15)5-12(21)7-23-17/h5,7-9,13H,2-4,6,10,30H2,1H3,(H,23,24)(H,26,29)(H,25,27,28). The number of carbonyl (C=O) groups excluding carboxylic acids is 1. The summed E-state index contributed by atoms with van der Waals surface area (Å²) in [7, 11) is 2.87. The van der Waals surface area contributed by atoms with Crippen LogP contribution in [0.1, 0.15) is 32.6 Å². The predicted molar refractivity (Wildman–Crippen MR) is 119 cm³/mol. The topological polar surface area (TPSA) is 95.6 Å². The smallest absolute Gasteiger partial charge is 0.216 e. The van der Waals surface area contributed by atoms with Crippen LogP contribution >= 0.6 is 20.8 Å². The van der Waals surface area contributed by atoms with E-state index in [1.165, 1.54) is 13.1 Å². The van der Waals surface area contributed by atoms with E-state index in [9.17, 15) is 9.18 Å². The number of nitrogens with one attached hydrogen (secondary N) is 3. The lowest BCUT2D eigenvalue weighted by Crippen LogP contribution is -2.44. The average molecular weight is 449 g/mol. The van der Waals surface area contributed by atoms with E-state index in [0.29, 0.717) is 28.6 Å². The molecule has 3 unspecified atom stereocenters. The molecule has 10 heteroatoms. The van der Waals surface area contributed by atoms with Crippen LogP contribution in [0.2, 0.25) is 5.02 Å². The number of nitrogens with zero attached hydrogens (tertiary/aromatic N) is 3. The van der Waals surface area contributed by atoms with E-state index in [1.807, 2.05) is 0 Å². The Morgan fingerprint density at radius 3 is 3.07 bits per heavy atom. The van der Waals surface area contributed by atoms with E-state index in [0.717, 1.165) is 31.1 Å². The second-order valence-electron chi connectivity index (χ2n) is 7.85. The summed E-state index contributed by atoms with van der Waals surface area (Å²) in [5.41, 5.74) is 1.37.